The van der Waals surface area contributed by atoms with Crippen LogP contribution in [0.3, 0.4) is 0 Å². The lowest BCUT2D eigenvalue weighted by Crippen LogP contribution is -2.35. The van der Waals surface area contributed by atoms with Crippen molar-refractivity contribution < 1.29 is 66.6 Å². The Morgan fingerprint density at radius 3 is 1.13 bits per heavy atom. The second-order valence-corrected chi connectivity index (χ2v) is 7.46. The number of anilines is 2. The second kappa shape index (κ2) is 13.0. The summed E-state index contributed by atoms with van der Waals surface area (Å²) in [7, 11) is 0. The van der Waals surface area contributed by atoms with E-state index in [-0.39, 0.29) is 0 Å². The van der Waals surface area contributed by atoms with E-state index in [1.54, 1.807) is 0 Å². The first-order valence-electron chi connectivity index (χ1n) is 10.4. The SMILES string of the molecule is O=C(O)CN(CC(=O)O)c1cc(F)cc(F)c1OCCOc1c(F)cc(F)cc1N(CC(=O)O)CC(=O)O. The minimum atomic E-state index is -1.52. The Bertz CT molecular complexity index is 1100. The first-order valence-corrected chi connectivity index (χ1v) is 10.4. The molecule has 38 heavy (non-hydrogen) atoms. The summed E-state index contributed by atoms with van der Waals surface area (Å²) in [5.74, 6) is -12.6. The van der Waals surface area contributed by atoms with Crippen molar-refractivity contribution in [2.45, 2.75) is 0 Å². The van der Waals surface area contributed by atoms with Crippen LogP contribution in [0.4, 0.5) is 28.9 Å². The van der Waals surface area contributed by atoms with Gasteiger partial charge in [0.05, 0.1) is 11.4 Å². The Morgan fingerprint density at radius 2 is 0.868 bits per heavy atom. The smallest absolute Gasteiger partial charge is 0.323 e. The fraction of sp³-hybridized carbons (Fsp3) is 0.273. The lowest BCUT2D eigenvalue weighted by atomic mass is 10.2. The van der Waals surface area contributed by atoms with Crippen molar-refractivity contribution in [1.82, 2.24) is 0 Å². The Hall–Kier alpha value is -4.76. The third-order valence-corrected chi connectivity index (χ3v) is 4.54. The molecule has 2 aromatic rings. The van der Waals surface area contributed by atoms with E-state index in [0.717, 1.165) is 0 Å². The maximum Gasteiger partial charge on any atom is 0.323 e. The summed E-state index contributed by atoms with van der Waals surface area (Å²) in [6, 6.07) is 2.04. The molecule has 0 atom stereocenters. The van der Waals surface area contributed by atoms with Gasteiger partial charge in [0, 0.05) is 24.3 Å². The van der Waals surface area contributed by atoms with E-state index >= 15 is 0 Å². The summed E-state index contributed by atoms with van der Waals surface area (Å²) in [6.45, 7) is -5.13. The molecule has 12 nitrogen and oxygen atoms in total. The number of carboxylic acid groups (broad SMARTS) is 4. The molecule has 0 saturated heterocycles. The maximum absolute atomic E-state index is 14.5. The maximum atomic E-state index is 14.5. The molecule has 0 aliphatic rings. The predicted molar refractivity (Wildman–Crippen MR) is 119 cm³/mol. The molecular formula is C22H20F4N2O10. The molecule has 4 N–H and O–H groups in total. The molecule has 0 aliphatic carbocycles. The zero-order chi connectivity index (χ0) is 28.6. The molecule has 0 fully saturated rings. The molecule has 0 saturated carbocycles. The zero-order valence-corrected chi connectivity index (χ0v) is 19.2. The van der Waals surface area contributed by atoms with Gasteiger partial charge in [0.25, 0.3) is 0 Å². The first-order chi connectivity index (χ1) is 17.8. The van der Waals surface area contributed by atoms with Crippen LogP contribution >= 0.6 is 0 Å². The van der Waals surface area contributed by atoms with Gasteiger partial charge in [0.2, 0.25) is 0 Å². The summed E-state index contributed by atoms with van der Waals surface area (Å²) >= 11 is 0. The van der Waals surface area contributed by atoms with Crippen LogP contribution in [0.1, 0.15) is 0 Å². The number of carboxylic acids is 4. The standard InChI is InChI=1S/C22H20F4N2O10/c23-11-3-13(25)21(15(5-11)27(7-17(29)30)8-18(31)32)37-1-2-38-22-14(26)4-12(24)6-16(22)28(9-19(33)34)10-20(35)36/h3-6H,1-2,7-10H2,(H,29,30)(H,31,32)(H,33,34)(H,35,36). The molecule has 0 spiro atoms. The van der Waals surface area contributed by atoms with Crippen molar-refractivity contribution in [1.29, 1.82) is 0 Å². The van der Waals surface area contributed by atoms with E-state index in [1.165, 1.54) is 0 Å². The van der Waals surface area contributed by atoms with Gasteiger partial charge in [-0.05, 0) is 0 Å². The van der Waals surface area contributed by atoms with Gasteiger partial charge in [-0.25, -0.2) is 17.6 Å². The molecule has 2 aromatic carbocycles. The summed E-state index contributed by atoms with van der Waals surface area (Å²) < 4.78 is 67.0. The van der Waals surface area contributed by atoms with Gasteiger partial charge < -0.3 is 39.7 Å². The highest BCUT2D eigenvalue weighted by atomic mass is 19.1. The van der Waals surface area contributed by atoms with Gasteiger partial charge in [-0.2, -0.15) is 0 Å². The van der Waals surface area contributed by atoms with Crippen LogP contribution in [-0.2, 0) is 19.2 Å². The minimum Gasteiger partial charge on any atom is -0.485 e. The number of hydrogen-bond acceptors (Lipinski definition) is 8. The highest BCUT2D eigenvalue weighted by Crippen LogP contribution is 2.34. The molecule has 0 amide bonds. The number of halogens is 4. The van der Waals surface area contributed by atoms with Crippen LogP contribution < -0.4 is 19.3 Å². The van der Waals surface area contributed by atoms with Gasteiger partial charge >= 0.3 is 23.9 Å². The third-order valence-electron chi connectivity index (χ3n) is 4.54. The molecule has 16 heteroatoms. The molecule has 0 bridgehead atoms. The highest BCUT2D eigenvalue weighted by molar-refractivity contribution is 5.82. The quantitative estimate of drug-likeness (QED) is 0.187. The van der Waals surface area contributed by atoms with Gasteiger partial charge in [-0.1, -0.05) is 0 Å². The van der Waals surface area contributed by atoms with Gasteiger partial charge in [-0.15, -0.1) is 0 Å². The van der Waals surface area contributed by atoms with E-state index in [0.29, 0.717) is 34.1 Å². The lowest BCUT2D eigenvalue weighted by molar-refractivity contribution is -0.138. The normalized spacial score (nSPS) is 10.5. The van der Waals surface area contributed by atoms with Crippen LogP contribution in [-0.4, -0.2) is 83.7 Å². The molecular weight excluding hydrogens is 528 g/mol. The Kier molecular flexibility index (Phi) is 10.1. The van der Waals surface area contributed by atoms with E-state index in [4.69, 9.17) is 29.9 Å². The van der Waals surface area contributed by atoms with E-state index in [2.05, 4.69) is 0 Å². The zero-order valence-electron chi connectivity index (χ0n) is 19.2. The first kappa shape index (κ1) is 29.5. The Morgan fingerprint density at radius 1 is 0.579 bits per heavy atom. The number of rotatable bonds is 15. The summed E-state index contributed by atoms with van der Waals surface area (Å²) in [5.41, 5.74) is -1.12. The number of hydrogen-bond donors (Lipinski definition) is 4. The fourth-order valence-electron chi connectivity index (χ4n) is 3.24. The molecule has 0 heterocycles. The molecule has 0 radical (unpaired) electrons. The predicted octanol–water partition coefficient (Wildman–Crippen LogP) is 1.65. The second-order valence-electron chi connectivity index (χ2n) is 7.46. The Balaban J connectivity index is 2.30. The molecule has 2 rings (SSSR count). The number of carbonyl (C=O) groups is 4. The van der Waals surface area contributed by atoms with E-state index < -0.39 is 109 Å². The topological polar surface area (TPSA) is 174 Å². The van der Waals surface area contributed by atoms with E-state index in [9.17, 15) is 36.7 Å². The third kappa shape index (κ3) is 8.42. The average molecular weight is 548 g/mol. The van der Waals surface area contributed by atoms with Crippen molar-refractivity contribution >= 4 is 35.3 Å². The number of nitrogens with zero attached hydrogens (tertiary/aromatic N) is 2. The summed E-state index contributed by atoms with van der Waals surface area (Å²) in [6.07, 6.45) is 0. The summed E-state index contributed by atoms with van der Waals surface area (Å²) in [4.78, 5) is 45.7. The number of benzene rings is 2. The monoisotopic (exact) mass is 548 g/mol. The van der Waals surface area contributed by atoms with Crippen molar-refractivity contribution in [2.75, 3.05) is 49.2 Å². The van der Waals surface area contributed by atoms with Crippen LogP contribution in [0, 0.1) is 23.3 Å². The fourth-order valence-corrected chi connectivity index (χ4v) is 3.24. The van der Waals surface area contributed by atoms with Gasteiger partial charge in [-0.3, -0.25) is 19.2 Å². The van der Waals surface area contributed by atoms with Crippen molar-refractivity contribution in [3.63, 3.8) is 0 Å². The minimum absolute atomic E-state index is 0.382. The number of aliphatic carboxylic acids is 4. The summed E-state index contributed by atoms with van der Waals surface area (Å²) in [5, 5.41) is 36.1. The Labute approximate surface area is 210 Å². The van der Waals surface area contributed by atoms with Gasteiger partial charge in [0.15, 0.2) is 23.1 Å². The highest BCUT2D eigenvalue weighted by Gasteiger charge is 2.24. The molecule has 206 valence electrons. The van der Waals surface area contributed by atoms with Crippen LogP contribution in [0.25, 0.3) is 0 Å². The average Bonchev–Trinajstić information content (AvgIpc) is 2.76. The van der Waals surface area contributed by atoms with Crippen molar-refractivity contribution in [3.8, 4) is 11.5 Å². The molecule has 0 aliphatic heterocycles. The van der Waals surface area contributed by atoms with E-state index in [1.807, 2.05) is 0 Å². The van der Waals surface area contributed by atoms with Crippen LogP contribution in [0.15, 0.2) is 24.3 Å². The van der Waals surface area contributed by atoms with Crippen LogP contribution in [0.2, 0.25) is 0 Å². The molecule has 0 unspecified atom stereocenters. The number of ether oxygens (including phenoxy) is 2. The van der Waals surface area contributed by atoms with Crippen LogP contribution in [0.5, 0.6) is 11.5 Å². The largest absolute Gasteiger partial charge is 0.485 e. The van der Waals surface area contributed by atoms with Crippen molar-refractivity contribution in [2.24, 2.45) is 0 Å². The lowest BCUT2D eigenvalue weighted by Gasteiger charge is -2.25. The van der Waals surface area contributed by atoms with Gasteiger partial charge in [0.1, 0.15) is 51.0 Å². The van der Waals surface area contributed by atoms with Crippen molar-refractivity contribution in [3.05, 3.63) is 47.5 Å². The molecule has 0 aromatic heterocycles.